The number of halogens is 1. The van der Waals surface area contributed by atoms with Gasteiger partial charge in [-0.15, -0.1) is 11.3 Å². The summed E-state index contributed by atoms with van der Waals surface area (Å²) >= 11 is 1.37. The van der Waals surface area contributed by atoms with E-state index in [0.717, 1.165) is 16.0 Å². The zero-order valence-corrected chi connectivity index (χ0v) is 15.2. The first-order valence-electron chi connectivity index (χ1n) is 7.95. The summed E-state index contributed by atoms with van der Waals surface area (Å²) in [4.78, 5) is 13.9. The van der Waals surface area contributed by atoms with Gasteiger partial charge in [0.1, 0.15) is 17.3 Å². The molecule has 26 heavy (non-hydrogen) atoms. The Hall–Kier alpha value is -2.86. The lowest BCUT2D eigenvalue weighted by molar-refractivity contribution is 0.0954. The number of thiophene rings is 1. The maximum absolute atomic E-state index is 13.0. The molecule has 0 spiro atoms. The number of carbonyl (C=O) groups excluding carboxylic acids is 1. The maximum Gasteiger partial charge on any atom is 0.261 e. The zero-order chi connectivity index (χ0) is 18.5. The third-order valence-corrected chi connectivity index (χ3v) is 5.03. The number of hydrogen-bond donors (Lipinski definition) is 1. The van der Waals surface area contributed by atoms with Crippen LogP contribution in [0.25, 0.3) is 10.4 Å². The highest BCUT2D eigenvalue weighted by Gasteiger charge is 2.12. The fourth-order valence-electron chi connectivity index (χ4n) is 2.49. The Morgan fingerprint density at radius 1 is 1.04 bits per heavy atom. The number of methoxy groups -OCH3 is 2. The van der Waals surface area contributed by atoms with Gasteiger partial charge in [0, 0.05) is 23.1 Å². The highest BCUT2D eigenvalue weighted by Crippen LogP contribution is 2.29. The molecule has 0 saturated heterocycles. The Morgan fingerprint density at radius 3 is 2.50 bits per heavy atom. The van der Waals surface area contributed by atoms with Gasteiger partial charge in [-0.1, -0.05) is 12.1 Å². The standard InChI is InChI=1S/C20H18FNO3S/c1-24-16-8-5-14(17(11-16)25-2)12-22-20(23)19-10-9-18(26-19)13-3-6-15(21)7-4-13/h3-11H,12H2,1-2H3,(H,22,23). The quantitative estimate of drug-likeness (QED) is 0.694. The molecule has 2 aromatic carbocycles. The lowest BCUT2D eigenvalue weighted by atomic mass is 10.2. The van der Waals surface area contributed by atoms with E-state index in [-0.39, 0.29) is 11.7 Å². The molecule has 0 radical (unpaired) electrons. The van der Waals surface area contributed by atoms with Crippen LogP contribution in [0.3, 0.4) is 0 Å². The summed E-state index contributed by atoms with van der Waals surface area (Å²) in [6.45, 7) is 0.343. The van der Waals surface area contributed by atoms with Crippen LogP contribution in [-0.2, 0) is 6.54 Å². The normalized spacial score (nSPS) is 10.4. The molecule has 1 N–H and O–H groups in total. The van der Waals surface area contributed by atoms with Gasteiger partial charge in [0.05, 0.1) is 19.1 Å². The van der Waals surface area contributed by atoms with Gasteiger partial charge in [0.15, 0.2) is 0 Å². The average molecular weight is 371 g/mol. The Kier molecular flexibility index (Phi) is 5.53. The van der Waals surface area contributed by atoms with Crippen LogP contribution in [0.4, 0.5) is 4.39 Å². The van der Waals surface area contributed by atoms with Crippen LogP contribution in [0.15, 0.2) is 54.6 Å². The van der Waals surface area contributed by atoms with Gasteiger partial charge in [0.2, 0.25) is 0 Å². The van der Waals surface area contributed by atoms with E-state index in [4.69, 9.17) is 9.47 Å². The van der Waals surface area contributed by atoms with Crippen molar-refractivity contribution in [3.05, 3.63) is 70.9 Å². The topological polar surface area (TPSA) is 47.6 Å². The van der Waals surface area contributed by atoms with Crippen LogP contribution in [-0.4, -0.2) is 20.1 Å². The van der Waals surface area contributed by atoms with Crippen LogP contribution in [0.1, 0.15) is 15.2 Å². The van der Waals surface area contributed by atoms with Gasteiger partial charge in [0.25, 0.3) is 5.91 Å². The predicted molar refractivity (Wildman–Crippen MR) is 100 cm³/mol. The van der Waals surface area contributed by atoms with Crippen LogP contribution in [0, 0.1) is 5.82 Å². The molecule has 4 nitrogen and oxygen atoms in total. The van der Waals surface area contributed by atoms with E-state index >= 15 is 0 Å². The van der Waals surface area contributed by atoms with Crippen molar-refractivity contribution in [1.82, 2.24) is 5.32 Å². The first kappa shape index (κ1) is 17.9. The van der Waals surface area contributed by atoms with Gasteiger partial charge >= 0.3 is 0 Å². The molecule has 1 amide bonds. The first-order chi connectivity index (χ1) is 12.6. The molecule has 0 aliphatic heterocycles. The predicted octanol–water partition coefficient (Wildman–Crippen LogP) is 4.50. The van der Waals surface area contributed by atoms with Crippen molar-refractivity contribution in [1.29, 1.82) is 0 Å². The molecule has 0 aliphatic carbocycles. The highest BCUT2D eigenvalue weighted by atomic mass is 32.1. The number of rotatable bonds is 6. The van der Waals surface area contributed by atoms with Crippen molar-refractivity contribution in [3.63, 3.8) is 0 Å². The van der Waals surface area contributed by atoms with E-state index < -0.39 is 0 Å². The minimum atomic E-state index is -0.281. The van der Waals surface area contributed by atoms with Crippen LogP contribution < -0.4 is 14.8 Å². The fourth-order valence-corrected chi connectivity index (χ4v) is 3.42. The molecule has 134 valence electrons. The second kappa shape index (κ2) is 8.01. The number of nitrogens with one attached hydrogen (secondary N) is 1. The van der Waals surface area contributed by atoms with Crippen molar-refractivity contribution in [2.24, 2.45) is 0 Å². The van der Waals surface area contributed by atoms with Crippen LogP contribution in [0.2, 0.25) is 0 Å². The van der Waals surface area contributed by atoms with Crippen LogP contribution in [0.5, 0.6) is 11.5 Å². The molecule has 1 aromatic heterocycles. The summed E-state index contributed by atoms with van der Waals surface area (Å²) in [6.07, 6.45) is 0. The fraction of sp³-hybridized carbons (Fsp3) is 0.150. The van der Waals surface area contributed by atoms with Gasteiger partial charge in [-0.05, 0) is 42.0 Å². The van der Waals surface area contributed by atoms with Gasteiger partial charge in [-0.3, -0.25) is 4.79 Å². The number of carbonyl (C=O) groups is 1. The van der Waals surface area contributed by atoms with E-state index in [9.17, 15) is 9.18 Å². The van der Waals surface area contributed by atoms with Crippen molar-refractivity contribution in [2.45, 2.75) is 6.54 Å². The summed E-state index contributed by atoms with van der Waals surface area (Å²) in [5.41, 5.74) is 1.74. The van der Waals surface area contributed by atoms with E-state index in [0.29, 0.717) is 22.9 Å². The Balaban J connectivity index is 1.68. The van der Waals surface area contributed by atoms with Crippen LogP contribution >= 0.6 is 11.3 Å². The van der Waals surface area contributed by atoms with E-state index in [1.54, 1.807) is 38.5 Å². The second-order valence-electron chi connectivity index (χ2n) is 5.53. The second-order valence-corrected chi connectivity index (χ2v) is 6.62. The minimum Gasteiger partial charge on any atom is -0.497 e. The molecule has 0 saturated carbocycles. The lowest BCUT2D eigenvalue weighted by Gasteiger charge is -2.11. The lowest BCUT2D eigenvalue weighted by Crippen LogP contribution is -2.22. The van der Waals surface area contributed by atoms with Gasteiger partial charge in [-0.2, -0.15) is 0 Å². The maximum atomic E-state index is 13.0. The molecule has 0 bridgehead atoms. The Morgan fingerprint density at radius 2 is 1.81 bits per heavy atom. The van der Waals surface area contributed by atoms with E-state index in [2.05, 4.69) is 5.32 Å². The van der Waals surface area contributed by atoms with Gasteiger partial charge < -0.3 is 14.8 Å². The first-order valence-corrected chi connectivity index (χ1v) is 8.77. The molecule has 1 heterocycles. The highest BCUT2D eigenvalue weighted by molar-refractivity contribution is 7.17. The Labute approximate surface area is 155 Å². The van der Waals surface area contributed by atoms with E-state index in [1.807, 2.05) is 18.2 Å². The van der Waals surface area contributed by atoms with Crippen molar-refractivity contribution >= 4 is 17.2 Å². The number of benzene rings is 2. The molecule has 0 aliphatic rings. The molecule has 0 atom stereocenters. The third-order valence-electron chi connectivity index (χ3n) is 3.89. The Bertz CT molecular complexity index is 906. The molecule has 6 heteroatoms. The summed E-state index contributed by atoms with van der Waals surface area (Å²) < 4.78 is 23.5. The summed E-state index contributed by atoms with van der Waals surface area (Å²) in [6, 6.07) is 15.3. The summed E-state index contributed by atoms with van der Waals surface area (Å²) in [5, 5.41) is 2.89. The van der Waals surface area contributed by atoms with Gasteiger partial charge in [-0.25, -0.2) is 4.39 Å². The molecular formula is C20H18FNO3S. The van der Waals surface area contributed by atoms with Crippen molar-refractivity contribution in [3.8, 4) is 21.9 Å². The summed E-state index contributed by atoms with van der Waals surface area (Å²) in [5.74, 6) is 0.903. The average Bonchev–Trinajstić information content (AvgIpc) is 3.16. The monoisotopic (exact) mass is 371 g/mol. The molecule has 0 unspecified atom stereocenters. The summed E-state index contributed by atoms with van der Waals surface area (Å²) in [7, 11) is 3.17. The largest absolute Gasteiger partial charge is 0.497 e. The molecule has 0 fully saturated rings. The molecule has 3 aromatic rings. The number of amides is 1. The van der Waals surface area contributed by atoms with E-state index in [1.165, 1.54) is 23.5 Å². The minimum absolute atomic E-state index is 0.166. The van der Waals surface area contributed by atoms with Crippen molar-refractivity contribution < 1.29 is 18.7 Å². The number of hydrogen-bond acceptors (Lipinski definition) is 4. The number of ether oxygens (including phenoxy) is 2. The SMILES string of the molecule is COc1ccc(CNC(=O)c2ccc(-c3ccc(F)cc3)s2)c(OC)c1. The smallest absolute Gasteiger partial charge is 0.261 e. The molecular weight excluding hydrogens is 353 g/mol. The zero-order valence-electron chi connectivity index (χ0n) is 14.4. The molecule has 3 rings (SSSR count). The third kappa shape index (κ3) is 4.03. The van der Waals surface area contributed by atoms with Crippen molar-refractivity contribution in [2.75, 3.05) is 14.2 Å².